The summed E-state index contributed by atoms with van der Waals surface area (Å²) >= 11 is 3.10. The van der Waals surface area contributed by atoms with E-state index in [2.05, 4.69) is 48.5 Å². The SMILES string of the molecule is O=C(CBr)c1ccccc1.O=C(Cn1c(-c2ccccc2)cc2c(N3CCCC3)nc(N3CCCC3)nc21)c1ccccc1. The van der Waals surface area contributed by atoms with Crippen LogP contribution in [0.2, 0.25) is 0 Å². The smallest absolute Gasteiger partial charge is 0.229 e. The lowest BCUT2D eigenvalue weighted by Crippen LogP contribution is -2.24. The molecule has 0 spiro atoms. The number of rotatable bonds is 8. The van der Waals surface area contributed by atoms with Gasteiger partial charge in [-0.15, -0.1) is 0 Å². The van der Waals surface area contributed by atoms with Crippen LogP contribution in [-0.4, -0.2) is 57.6 Å². The maximum absolute atomic E-state index is 13.3. The molecular weight excluding hydrogens is 614 g/mol. The van der Waals surface area contributed by atoms with Gasteiger partial charge in [-0.05, 0) is 37.3 Å². The molecule has 44 heavy (non-hydrogen) atoms. The molecule has 2 aliphatic heterocycles. The van der Waals surface area contributed by atoms with E-state index in [0.717, 1.165) is 71.4 Å². The molecule has 0 N–H and O–H groups in total. The van der Waals surface area contributed by atoms with Gasteiger partial charge in [-0.1, -0.05) is 107 Å². The zero-order valence-electron chi connectivity index (χ0n) is 24.7. The molecule has 2 fully saturated rings. The highest BCUT2D eigenvalue weighted by Gasteiger charge is 2.26. The number of anilines is 2. The molecule has 0 amide bonds. The third-order valence-corrected chi connectivity index (χ3v) is 8.71. The van der Waals surface area contributed by atoms with E-state index in [9.17, 15) is 9.59 Å². The van der Waals surface area contributed by atoms with Gasteiger partial charge < -0.3 is 14.4 Å². The lowest BCUT2D eigenvalue weighted by Gasteiger charge is -2.22. The molecule has 5 aromatic rings. The van der Waals surface area contributed by atoms with Crippen LogP contribution in [0.4, 0.5) is 11.8 Å². The van der Waals surface area contributed by atoms with Gasteiger partial charge in [0.2, 0.25) is 5.95 Å². The summed E-state index contributed by atoms with van der Waals surface area (Å²) in [5.74, 6) is 2.01. The minimum Gasteiger partial charge on any atom is -0.356 e. The van der Waals surface area contributed by atoms with E-state index in [0.29, 0.717) is 5.33 Å². The number of aromatic nitrogens is 3. The normalized spacial score (nSPS) is 14.5. The van der Waals surface area contributed by atoms with Crippen molar-refractivity contribution in [1.82, 2.24) is 14.5 Å². The third kappa shape index (κ3) is 6.60. The number of carbonyl (C=O) groups excluding carboxylic acids is 2. The maximum atomic E-state index is 13.3. The zero-order valence-corrected chi connectivity index (χ0v) is 26.3. The van der Waals surface area contributed by atoms with Crippen molar-refractivity contribution in [2.45, 2.75) is 32.2 Å². The van der Waals surface area contributed by atoms with Crippen molar-refractivity contribution in [3.63, 3.8) is 0 Å². The van der Waals surface area contributed by atoms with Crippen molar-refractivity contribution in [3.8, 4) is 11.3 Å². The van der Waals surface area contributed by atoms with Gasteiger partial charge in [0.25, 0.3) is 0 Å². The molecule has 4 heterocycles. The molecule has 8 heteroatoms. The Balaban J connectivity index is 0.000000294. The van der Waals surface area contributed by atoms with Crippen LogP contribution in [0.15, 0.2) is 97.1 Å². The Morgan fingerprint density at radius 2 is 1.18 bits per heavy atom. The molecule has 3 aromatic carbocycles. The molecule has 7 rings (SSSR count). The van der Waals surface area contributed by atoms with Gasteiger partial charge in [0, 0.05) is 37.3 Å². The van der Waals surface area contributed by atoms with Crippen LogP contribution in [0.5, 0.6) is 0 Å². The summed E-state index contributed by atoms with van der Waals surface area (Å²) < 4.78 is 2.10. The standard InChI is InChI=1S/C28H29N5O.C8H7BrO/c34-25(22-13-5-2-6-14-22)20-33-24(21-11-3-1-4-12-21)19-23-26(31-15-7-8-16-31)29-28(30-27(23)33)32-17-9-10-18-32;9-6-8(10)7-4-2-1-3-5-7/h1-6,11-14,19H,7-10,15-18,20H2;1-5H,6H2. The van der Waals surface area contributed by atoms with E-state index in [-0.39, 0.29) is 18.1 Å². The topological polar surface area (TPSA) is 71.3 Å². The largest absolute Gasteiger partial charge is 0.356 e. The summed E-state index contributed by atoms with van der Waals surface area (Å²) in [6.45, 7) is 4.24. The first kappa shape index (κ1) is 29.8. The lowest BCUT2D eigenvalue weighted by molar-refractivity contribution is 0.0972. The second-order valence-corrected chi connectivity index (χ2v) is 11.7. The molecular formula is C36H36BrN5O2. The highest BCUT2D eigenvalue weighted by atomic mass is 79.9. The van der Waals surface area contributed by atoms with E-state index in [1.807, 2.05) is 78.9 Å². The predicted molar refractivity (Wildman–Crippen MR) is 181 cm³/mol. The van der Waals surface area contributed by atoms with Crippen LogP contribution in [0.3, 0.4) is 0 Å². The quantitative estimate of drug-likeness (QED) is 0.128. The number of nitrogens with zero attached hydrogens (tertiary/aromatic N) is 5. The summed E-state index contributed by atoms with van der Waals surface area (Å²) in [7, 11) is 0. The van der Waals surface area contributed by atoms with Gasteiger partial charge >= 0.3 is 0 Å². The summed E-state index contributed by atoms with van der Waals surface area (Å²) in [5.41, 5.74) is 4.42. The van der Waals surface area contributed by atoms with Crippen LogP contribution in [-0.2, 0) is 6.54 Å². The van der Waals surface area contributed by atoms with Crippen LogP contribution in [0, 0.1) is 0 Å². The lowest BCUT2D eigenvalue weighted by atomic mass is 10.1. The Bertz CT molecular complexity index is 1710. The number of hydrogen-bond acceptors (Lipinski definition) is 6. The fraction of sp³-hybridized carbons (Fsp3) is 0.278. The number of fused-ring (bicyclic) bond motifs is 1. The van der Waals surface area contributed by atoms with Crippen molar-refractivity contribution in [1.29, 1.82) is 0 Å². The molecule has 2 aliphatic rings. The van der Waals surface area contributed by atoms with E-state index >= 15 is 0 Å². The zero-order chi connectivity index (χ0) is 30.3. The van der Waals surface area contributed by atoms with Crippen molar-refractivity contribution in [2.75, 3.05) is 41.3 Å². The van der Waals surface area contributed by atoms with Crippen LogP contribution < -0.4 is 9.80 Å². The van der Waals surface area contributed by atoms with Gasteiger partial charge in [-0.2, -0.15) is 9.97 Å². The molecule has 0 aliphatic carbocycles. The van der Waals surface area contributed by atoms with Crippen molar-refractivity contribution < 1.29 is 9.59 Å². The Hall–Kier alpha value is -4.30. The number of alkyl halides is 1. The van der Waals surface area contributed by atoms with Crippen LogP contribution >= 0.6 is 15.9 Å². The van der Waals surface area contributed by atoms with E-state index in [1.165, 1.54) is 25.7 Å². The highest BCUT2D eigenvalue weighted by molar-refractivity contribution is 9.09. The van der Waals surface area contributed by atoms with Crippen molar-refractivity contribution in [2.24, 2.45) is 0 Å². The first-order valence-electron chi connectivity index (χ1n) is 15.3. The first-order chi connectivity index (χ1) is 21.6. The summed E-state index contributed by atoms with van der Waals surface area (Å²) in [6.07, 6.45) is 4.71. The van der Waals surface area contributed by atoms with Crippen molar-refractivity contribution >= 4 is 50.3 Å². The monoisotopic (exact) mass is 649 g/mol. The fourth-order valence-corrected chi connectivity index (χ4v) is 6.22. The summed E-state index contributed by atoms with van der Waals surface area (Å²) in [4.78, 5) is 39.2. The fourth-order valence-electron chi connectivity index (χ4n) is 5.90. The maximum Gasteiger partial charge on any atom is 0.229 e. The second-order valence-electron chi connectivity index (χ2n) is 11.2. The van der Waals surface area contributed by atoms with Gasteiger partial charge in [0.05, 0.1) is 23.0 Å². The van der Waals surface area contributed by atoms with E-state index in [4.69, 9.17) is 9.97 Å². The first-order valence-corrected chi connectivity index (χ1v) is 16.4. The Labute approximate surface area is 266 Å². The Morgan fingerprint density at radius 3 is 1.75 bits per heavy atom. The minimum atomic E-state index is 0.0827. The van der Waals surface area contributed by atoms with Crippen LogP contribution in [0.25, 0.3) is 22.3 Å². The summed E-state index contributed by atoms with van der Waals surface area (Å²) in [5, 5.41) is 1.43. The number of hydrogen-bond donors (Lipinski definition) is 0. The highest BCUT2D eigenvalue weighted by Crippen LogP contribution is 2.36. The molecule has 224 valence electrons. The number of carbonyl (C=O) groups is 2. The van der Waals surface area contributed by atoms with E-state index in [1.54, 1.807) is 0 Å². The average molecular weight is 651 g/mol. The molecule has 0 bridgehead atoms. The third-order valence-electron chi connectivity index (χ3n) is 8.20. The number of benzene rings is 3. The number of Topliss-reactive ketones (excluding diaryl/α,β-unsaturated/α-hetero) is 2. The molecule has 0 atom stereocenters. The minimum absolute atomic E-state index is 0.0827. The van der Waals surface area contributed by atoms with Crippen molar-refractivity contribution in [3.05, 3.63) is 108 Å². The van der Waals surface area contributed by atoms with Gasteiger partial charge in [0.15, 0.2) is 11.6 Å². The van der Waals surface area contributed by atoms with Gasteiger partial charge in [-0.3, -0.25) is 9.59 Å². The Morgan fingerprint density at radius 1 is 0.659 bits per heavy atom. The van der Waals surface area contributed by atoms with Gasteiger partial charge in [0.1, 0.15) is 11.5 Å². The van der Waals surface area contributed by atoms with Gasteiger partial charge in [-0.25, -0.2) is 0 Å². The molecule has 0 unspecified atom stereocenters. The summed E-state index contributed by atoms with van der Waals surface area (Å²) in [6, 6.07) is 31.3. The molecule has 0 radical (unpaired) electrons. The predicted octanol–water partition coefficient (Wildman–Crippen LogP) is 7.45. The molecule has 2 saturated heterocycles. The molecule has 2 aromatic heterocycles. The molecule has 0 saturated carbocycles. The second kappa shape index (κ2) is 14.0. The van der Waals surface area contributed by atoms with Crippen LogP contribution in [0.1, 0.15) is 46.4 Å². The number of ketones is 2. The van der Waals surface area contributed by atoms with E-state index < -0.39 is 0 Å². The Kier molecular flexibility index (Phi) is 9.46. The molecule has 7 nitrogen and oxygen atoms in total. The number of halogens is 1. The average Bonchev–Trinajstić information content (AvgIpc) is 3.88.